The van der Waals surface area contributed by atoms with E-state index in [1.165, 1.54) is 11.8 Å². The first-order valence-corrected chi connectivity index (χ1v) is 11.3. The number of hydrogen-bond donors (Lipinski definition) is 3. The molecule has 0 spiro atoms. The number of hydrogen-bond acceptors (Lipinski definition) is 5. The van der Waals surface area contributed by atoms with Gasteiger partial charge < -0.3 is 10.4 Å². The number of thioether (sulfide) groups is 1. The fourth-order valence-corrected chi connectivity index (χ4v) is 5.27. The summed E-state index contributed by atoms with van der Waals surface area (Å²) in [7, 11) is -3.48. The SMILES string of the molecule is CC1(CC(=O)O)Nc2cccc(NS(C)(=O)=O)c2C1Sc1ccc(Cl)cc1. The van der Waals surface area contributed by atoms with E-state index < -0.39 is 21.5 Å². The molecule has 6 nitrogen and oxygen atoms in total. The summed E-state index contributed by atoms with van der Waals surface area (Å²) in [6.45, 7) is 1.83. The lowest BCUT2D eigenvalue weighted by molar-refractivity contribution is -0.138. The highest BCUT2D eigenvalue weighted by molar-refractivity contribution is 7.99. The van der Waals surface area contributed by atoms with Crippen molar-refractivity contribution in [2.45, 2.75) is 29.0 Å². The first kappa shape index (κ1) is 19.9. The number of carboxylic acid groups (broad SMARTS) is 1. The van der Waals surface area contributed by atoms with E-state index in [0.717, 1.165) is 22.4 Å². The Bertz CT molecular complexity index is 979. The normalized spacial score (nSPS) is 21.4. The zero-order valence-corrected chi connectivity index (χ0v) is 17.1. The Balaban J connectivity index is 2.08. The van der Waals surface area contributed by atoms with Crippen molar-refractivity contribution in [1.29, 1.82) is 0 Å². The summed E-state index contributed by atoms with van der Waals surface area (Å²) >= 11 is 7.43. The largest absolute Gasteiger partial charge is 0.481 e. The van der Waals surface area contributed by atoms with Crippen LogP contribution in [0.3, 0.4) is 0 Å². The molecule has 0 saturated carbocycles. The summed E-state index contributed by atoms with van der Waals surface area (Å²) in [6.07, 6.45) is 0.970. The maximum atomic E-state index is 11.8. The molecule has 3 N–H and O–H groups in total. The molecular formula is C18H19ClN2O4S2. The van der Waals surface area contributed by atoms with E-state index in [2.05, 4.69) is 10.0 Å². The highest BCUT2D eigenvalue weighted by Crippen LogP contribution is 2.55. The number of fused-ring (bicyclic) bond motifs is 1. The molecule has 0 amide bonds. The van der Waals surface area contributed by atoms with E-state index in [-0.39, 0.29) is 11.7 Å². The molecule has 0 saturated heterocycles. The van der Waals surface area contributed by atoms with Gasteiger partial charge in [-0.25, -0.2) is 8.42 Å². The van der Waals surface area contributed by atoms with Gasteiger partial charge in [0, 0.05) is 21.2 Å². The number of sulfonamides is 1. The van der Waals surface area contributed by atoms with Gasteiger partial charge in [-0.15, -0.1) is 11.8 Å². The molecule has 0 bridgehead atoms. The highest BCUT2D eigenvalue weighted by atomic mass is 35.5. The fourth-order valence-electron chi connectivity index (χ4n) is 3.23. The molecule has 2 aromatic carbocycles. The van der Waals surface area contributed by atoms with Crippen molar-refractivity contribution in [3.05, 3.63) is 53.1 Å². The van der Waals surface area contributed by atoms with Gasteiger partial charge in [-0.2, -0.15) is 0 Å². The van der Waals surface area contributed by atoms with Gasteiger partial charge in [0.2, 0.25) is 10.0 Å². The van der Waals surface area contributed by atoms with Gasteiger partial charge in [0.1, 0.15) is 0 Å². The minimum Gasteiger partial charge on any atom is -0.481 e. The van der Waals surface area contributed by atoms with Crippen molar-refractivity contribution in [2.24, 2.45) is 0 Å². The van der Waals surface area contributed by atoms with E-state index in [4.69, 9.17) is 11.6 Å². The van der Waals surface area contributed by atoms with Crippen molar-refractivity contribution in [3.63, 3.8) is 0 Å². The molecule has 1 aliphatic heterocycles. The number of rotatable bonds is 6. The van der Waals surface area contributed by atoms with Gasteiger partial charge >= 0.3 is 5.97 Å². The lowest BCUT2D eigenvalue weighted by atomic mass is 9.92. The van der Waals surface area contributed by atoms with Crippen LogP contribution in [0.1, 0.15) is 24.2 Å². The van der Waals surface area contributed by atoms with Gasteiger partial charge in [-0.05, 0) is 43.3 Å². The average molecular weight is 427 g/mol. The zero-order chi connectivity index (χ0) is 19.8. The van der Waals surface area contributed by atoms with Crippen LogP contribution in [-0.4, -0.2) is 31.3 Å². The topological polar surface area (TPSA) is 95.5 Å². The summed E-state index contributed by atoms with van der Waals surface area (Å²) in [6, 6.07) is 12.5. The zero-order valence-electron chi connectivity index (χ0n) is 14.7. The van der Waals surface area contributed by atoms with Crippen molar-refractivity contribution in [3.8, 4) is 0 Å². The van der Waals surface area contributed by atoms with Gasteiger partial charge in [-0.3, -0.25) is 9.52 Å². The number of nitrogens with one attached hydrogen (secondary N) is 2. The number of carboxylic acids is 1. The number of carbonyl (C=O) groups is 1. The van der Waals surface area contributed by atoms with E-state index in [0.29, 0.717) is 10.7 Å². The number of anilines is 2. The molecule has 144 valence electrons. The van der Waals surface area contributed by atoms with Crippen LogP contribution in [0.4, 0.5) is 11.4 Å². The summed E-state index contributed by atoms with van der Waals surface area (Å²) in [5.74, 6) is -0.933. The number of aliphatic carboxylic acids is 1. The molecule has 0 aliphatic carbocycles. The molecule has 2 atom stereocenters. The van der Waals surface area contributed by atoms with Crippen LogP contribution in [0.15, 0.2) is 47.4 Å². The first-order valence-electron chi connectivity index (χ1n) is 8.10. The molecule has 9 heteroatoms. The minimum absolute atomic E-state index is 0.120. The second-order valence-corrected chi connectivity index (χ2v) is 10.1. The van der Waals surface area contributed by atoms with Crippen molar-refractivity contribution in [2.75, 3.05) is 16.3 Å². The Morgan fingerprint density at radius 1 is 1.30 bits per heavy atom. The predicted octanol–water partition coefficient (Wildman–Crippen LogP) is 4.20. The van der Waals surface area contributed by atoms with E-state index in [9.17, 15) is 18.3 Å². The third-order valence-corrected chi connectivity index (χ3v) is 6.63. The van der Waals surface area contributed by atoms with Crippen LogP contribution >= 0.6 is 23.4 Å². The predicted molar refractivity (Wildman–Crippen MR) is 109 cm³/mol. The molecule has 0 radical (unpaired) electrons. The average Bonchev–Trinajstić information content (AvgIpc) is 2.80. The Labute approximate surface area is 167 Å². The lowest BCUT2D eigenvalue weighted by Crippen LogP contribution is -2.37. The van der Waals surface area contributed by atoms with Gasteiger partial charge in [0.15, 0.2) is 0 Å². The third kappa shape index (κ3) is 4.51. The quantitative estimate of drug-likeness (QED) is 0.640. The van der Waals surface area contributed by atoms with Crippen LogP contribution in [0, 0.1) is 0 Å². The highest BCUT2D eigenvalue weighted by Gasteiger charge is 2.46. The smallest absolute Gasteiger partial charge is 0.305 e. The Kier molecular flexibility index (Phi) is 5.33. The maximum Gasteiger partial charge on any atom is 0.305 e. The van der Waals surface area contributed by atoms with Crippen LogP contribution in [0.25, 0.3) is 0 Å². The monoisotopic (exact) mass is 426 g/mol. The standard InChI is InChI=1S/C18H19ClN2O4S2/c1-18(10-15(22)23)17(26-12-8-6-11(19)7-9-12)16-13(20-18)4-3-5-14(16)21-27(2,24)25/h3-9,17,20-21H,10H2,1-2H3,(H,22,23). The minimum atomic E-state index is -3.48. The Hall–Kier alpha value is -1.90. The summed E-state index contributed by atoms with van der Waals surface area (Å²) < 4.78 is 26.1. The fraction of sp³-hybridized carbons (Fsp3) is 0.278. The molecule has 1 heterocycles. The van der Waals surface area contributed by atoms with Gasteiger partial charge in [0.05, 0.1) is 29.2 Å². The van der Waals surface area contributed by atoms with Crippen LogP contribution in [-0.2, 0) is 14.8 Å². The van der Waals surface area contributed by atoms with E-state index >= 15 is 0 Å². The molecule has 0 fully saturated rings. The van der Waals surface area contributed by atoms with Gasteiger partial charge in [-0.1, -0.05) is 17.7 Å². The van der Waals surface area contributed by atoms with Crippen molar-refractivity contribution in [1.82, 2.24) is 0 Å². The number of halogens is 1. The number of benzene rings is 2. The van der Waals surface area contributed by atoms with E-state index in [1.54, 1.807) is 24.3 Å². The van der Waals surface area contributed by atoms with Crippen LogP contribution < -0.4 is 10.0 Å². The summed E-state index contributed by atoms with van der Waals surface area (Å²) in [4.78, 5) is 12.4. The second kappa shape index (κ2) is 7.26. The third-order valence-electron chi connectivity index (χ3n) is 4.25. The van der Waals surface area contributed by atoms with Crippen molar-refractivity contribution < 1.29 is 18.3 Å². The molecular weight excluding hydrogens is 408 g/mol. The van der Waals surface area contributed by atoms with Crippen LogP contribution in [0.5, 0.6) is 0 Å². The molecule has 1 aliphatic rings. The summed E-state index contributed by atoms with van der Waals surface area (Å²) in [5, 5.41) is 13.0. The lowest BCUT2D eigenvalue weighted by Gasteiger charge is -2.31. The molecule has 0 aromatic heterocycles. The maximum absolute atomic E-state index is 11.8. The van der Waals surface area contributed by atoms with Gasteiger partial charge in [0.25, 0.3) is 0 Å². The summed E-state index contributed by atoms with van der Waals surface area (Å²) in [5.41, 5.74) is 1.11. The Morgan fingerprint density at radius 3 is 2.56 bits per heavy atom. The van der Waals surface area contributed by atoms with E-state index in [1.807, 2.05) is 25.1 Å². The molecule has 27 heavy (non-hydrogen) atoms. The van der Waals surface area contributed by atoms with Crippen molar-refractivity contribution >= 4 is 50.7 Å². The molecule has 3 rings (SSSR count). The second-order valence-electron chi connectivity index (χ2n) is 6.71. The van der Waals surface area contributed by atoms with Crippen LogP contribution in [0.2, 0.25) is 5.02 Å². The first-order chi connectivity index (χ1) is 12.6. The molecule has 2 aromatic rings. The Morgan fingerprint density at radius 2 is 1.96 bits per heavy atom. The molecule has 2 unspecified atom stereocenters.